The van der Waals surface area contributed by atoms with Crippen LogP contribution in [0, 0.1) is 0 Å². The summed E-state index contributed by atoms with van der Waals surface area (Å²) >= 11 is 1.93. The van der Waals surface area contributed by atoms with Gasteiger partial charge in [-0.3, -0.25) is 0 Å². The number of thioether (sulfide) groups is 1. The number of Topliss-reactive ketones (excluding diaryl/α,β-unsaturated/α-hetero) is 1. The van der Waals surface area contributed by atoms with E-state index in [4.69, 9.17) is 0 Å². The van der Waals surface area contributed by atoms with Crippen LogP contribution in [0.25, 0.3) is 0 Å². The predicted octanol–water partition coefficient (Wildman–Crippen LogP) is 1.30. The van der Waals surface area contributed by atoms with Gasteiger partial charge in [-0.05, 0) is 19.8 Å². The second-order valence-corrected chi connectivity index (χ2v) is 5.84. The number of ketones is 1. The number of amides is 2. The molecule has 2 fully saturated rings. The fraction of sp³-hybridized carbons (Fsp3) is 0.818. The standard InChI is InChI=1S/C11H18N2O2S/c1-7(14)4-2-3-5-9-10-8(6-16-9)12-11(15)13-10/h8-10H,2-6H2,1H3,(H2,12,13,15)/t8?,9-,10?/m0/s1. The fourth-order valence-corrected chi connectivity index (χ4v) is 3.91. The van der Waals surface area contributed by atoms with Gasteiger partial charge in [0.2, 0.25) is 0 Å². The van der Waals surface area contributed by atoms with Crippen LogP contribution in [0.15, 0.2) is 0 Å². The van der Waals surface area contributed by atoms with Gasteiger partial charge in [-0.1, -0.05) is 6.42 Å². The molecule has 0 aliphatic carbocycles. The lowest BCUT2D eigenvalue weighted by Gasteiger charge is -2.16. The SMILES string of the molecule is CC(=O)CCCC[C@@H]1SCC2NC(=O)NC21. The van der Waals surface area contributed by atoms with Crippen molar-refractivity contribution >= 4 is 23.6 Å². The zero-order chi connectivity index (χ0) is 11.5. The monoisotopic (exact) mass is 242 g/mol. The minimum Gasteiger partial charge on any atom is -0.332 e. The van der Waals surface area contributed by atoms with Crippen LogP contribution in [0.3, 0.4) is 0 Å². The van der Waals surface area contributed by atoms with Crippen molar-refractivity contribution in [2.45, 2.75) is 49.9 Å². The molecule has 0 aromatic carbocycles. The molecular weight excluding hydrogens is 224 g/mol. The Morgan fingerprint density at radius 3 is 3.00 bits per heavy atom. The van der Waals surface area contributed by atoms with Crippen LogP contribution in [0.2, 0.25) is 0 Å². The topological polar surface area (TPSA) is 58.2 Å². The van der Waals surface area contributed by atoms with Gasteiger partial charge in [0.25, 0.3) is 0 Å². The molecule has 0 bridgehead atoms. The maximum Gasteiger partial charge on any atom is 0.315 e. The van der Waals surface area contributed by atoms with E-state index in [2.05, 4.69) is 10.6 Å². The van der Waals surface area contributed by atoms with Crippen LogP contribution in [-0.2, 0) is 4.79 Å². The Bertz CT molecular complexity index is 296. The van der Waals surface area contributed by atoms with Gasteiger partial charge in [0.1, 0.15) is 5.78 Å². The number of unbranched alkanes of at least 4 members (excludes halogenated alkanes) is 1. The number of hydrogen-bond donors (Lipinski definition) is 2. The molecule has 2 rings (SSSR count). The van der Waals surface area contributed by atoms with Crippen molar-refractivity contribution in [2.24, 2.45) is 0 Å². The molecule has 2 unspecified atom stereocenters. The van der Waals surface area contributed by atoms with Crippen molar-refractivity contribution in [3.8, 4) is 0 Å². The van der Waals surface area contributed by atoms with Gasteiger partial charge in [0, 0.05) is 17.4 Å². The Hall–Kier alpha value is -0.710. The predicted molar refractivity (Wildman–Crippen MR) is 64.6 cm³/mol. The van der Waals surface area contributed by atoms with Crippen LogP contribution < -0.4 is 10.6 Å². The third kappa shape index (κ3) is 2.70. The van der Waals surface area contributed by atoms with E-state index < -0.39 is 0 Å². The highest BCUT2D eigenvalue weighted by Gasteiger charge is 2.42. The maximum atomic E-state index is 11.1. The normalized spacial score (nSPS) is 32.1. The van der Waals surface area contributed by atoms with E-state index in [1.54, 1.807) is 6.92 Å². The summed E-state index contributed by atoms with van der Waals surface area (Å²) in [4.78, 5) is 21.9. The molecule has 16 heavy (non-hydrogen) atoms. The molecule has 0 aromatic rings. The molecule has 0 spiro atoms. The van der Waals surface area contributed by atoms with Gasteiger partial charge in [-0.2, -0.15) is 11.8 Å². The Labute approximate surface area is 99.9 Å². The molecular formula is C11H18N2O2S. The molecule has 2 aliphatic heterocycles. The maximum absolute atomic E-state index is 11.1. The first-order valence-electron chi connectivity index (χ1n) is 5.85. The second-order valence-electron chi connectivity index (χ2n) is 4.57. The zero-order valence-corrected chi connectivity index (χ0v) is 10.3. The van der Waals surface area contributed by atoms with E-state index >= 15 is 0 Å². The lowest BCUT2D eigenvalue weighted by molar-refractivity contribution is -0.117. The van der Waals surface area contributed by atoms with E-state index in [-0.39, 0.29) is 11.8 Å². The molecule has 2 heterocycles. The van der Waals surface area contributed by atoms with Crippen molar-refractivity contribution < 1.29 is 9.59 Å². The highest BCUT2D eigenvalue weighted by molar-refractivity contribution is 8.00. The highest BCUT2D eigenvalue weighted by Crippen LogP contribution is 2.33. The summed E-state index contributed by atoms with van der Waals surface area (Å²) in [6, 6.07) is 0.592. The lowest BCUT2D eigenvalue weighted by atomic mass is 10.0. The first-order chi connectivity index (χ1) is 7.66. The largest absolute Gasteiger partial charge is 0.332 e. The van der Waals surface area contributed by atoms with E-state index in [0.29, 0.717) is 23.8 Å². The first kappa shape index (κ1) is 11.8. The average Bonchev–Trinajstić information content (AvgIpc) is 2.72. The number of carbonyl (C=O) groups is 2. The van der Waals surface area contributed by atoms with Crippen molar-refractivity contribution in [3.63, 3.8) is 0 Å². The zero-order valence-electron chi connectivity index (χ0n) is 9.49. The second kappa shape index (κ2) is 5.08. The summed E-state index contributed by atoms with van der Waals surface area (Å²) in [5.41, 5.74) is 0. The van der Waals surface area contributed by atoms with Crippen molar-refractivity contribution in [1.29, 1.82) is 0 Å². The van der Waals surface area contributed by atoms with Gasteiger partial charge in [0.05, 0.1) is 12.1 Å². The molecule has 4 nitrogen and oxygen atoms in total. The Kier molecular flexibility index (Phi) is 3.74. The van der Waals surface area contributed by atoms with Crippen molar-refractivity contribution in [3.05, 3.63) is 0 Å². The number of nitrogens with one attached hydrogen (secondary N) is 2. The summed E-state index contributed by atoms with van der Waals surface area (Å²) < 4.78 is 0. The first-order valence-corrected chi connectivity index (χ1v) is 6.90. The third-order valence-corrected chi connectivity index (χ3v) is 4.71. The van der Waals surface area contributed by atoms with E-state index in [9.17, 15) is 9.59 Å². The molecule has 2 aliphatic rings. The van der Waals surface area contributed by atoms with Crippen LogP contribution in [0.5, 0.6) is 0 Å². The molecule has 2 saturated heterocycles. The van der Waals surface area contributed by atoms with Crippen LogP contribution in [0.4, 0.5) is 4.79 Å². The summed E-state index contributed by atoms with van der Waals surface area (Å²) in [5, 5.41) is 6.43. The molecule has 2 amide bonds. The van der Waals surface area contributed by atoms with Gasteiger partial charge in [-0.25, -0.2) is 4.79 Å². The quantitative estimate of drug-likeness (QED) is 0.564. The third-order valence-electron chi connectivity index (χ3n) is 3.21. The molecule has 2 N–H and O–H groups in total. The number of rotatable bonds is 5. The molecule has 3 atom stereocenters. The lowest BCUT2D eigenvalue weighted by Crippen LogP contribution is -2.36. The van der Waals surface area contributed by atoms with Gasteiger partial charge in [0.15, 0.2) is 0 Å². The van der Waals surface area contributed by atoms with Crippen molar-refractivity contribution in [1.82, 2.24) is 10.6 Å². The minimum absolute atomic E-state index is 0.0240. The minimum atomic E-state index is -0.0240. The summed E-state index contributed by atoms with van der Waals surface area (Å²) in [6.45, 7) is 1.64. The highest BCUT2D eigenvalue weighted by atomic mass is 32.2. The van der Waals surface area contributed by atoms with Crippen molar-refractivity contribution in [2.75, 3.05) is 5.75 Å². The number of hydrogen-bond acceptors (Lipinski definition) is 3. The number of urea groups is 1. The molecule has 5 heteroatoms. The van der Waals surface area contributed by atoms with Crippen LogP contribution in [0.1, 0.15) is 32.6 Å². The Balaban J connectivity index is 1.70. The molecule has 90 valence electrons. The van der Waals surface area contributed by atoms with Gasteiger partial charge < -0.3 is 15.4 Å². The van der Waals surface area contributed by atoms with Crippen LogP contribution in [-0.4, -0.2) is 34.9 Å². The number of fused-ring (bicyclic) bond motifs is 1. The average molecular weight is 242 g/mol. The molecule has 0 saturated carbocycles. The Morgan fingerprint density at radius 2 is 2.25 bits per heavy atom. The van der Waals surface area contributed by atoms with Gasteiger partial charge in [-0.15, -0.1) is 0 Å². The molecule has 0 aromatic heterocycles. The number of carbonyl (C=O) groups excluding carboxylic acids is 2. The summed E-state index contributed by atoms with van der Waals surface area (Å²) in [7, 11) is 0. The Morgan fingerprint density at radius 1 is 1.44 bits per heavy atom. The smallest absolute Gasteiger partial charge is 0.315 e. The van der Waals surface area contributed by atoms with Crippen LogP contribution >= 0.6 is 11.8 Å². The van der Waals surface area contributed by atoms with Gasteiger partial charge >= 0.3 is 6.03 Å². The summed E-state index contributed by atoms with van der Waals surface area (Å²) in [5.74, 6) is 1.29. The van der Waals surface area contributed by atoms with E-state index in [1.165, 1.54) is 0 Å². The molecule has 0 radical (unpaired) electrons. The van der Waals surface area contributed by atoms with E-state index in [0.717, 1.165) is 25.0 Å². The fourth-order valence-electron chi connectivity index (χ4n) is 2.36. The van der Waals surface area contributed by atoms with E-state index in [1.807, 2.05) is 11.8 Å². The summed E-state index contributed by atoms with van der Waals surface area (Å²) in [6.07, 6.45) is 3.85.